The average Bonchev–Trinajstić information content (AvgIpc) is 3.32. The van der Waals surface area contributed by atoms with Crippen LogP contribution in [0.3, 0.4) is 0 Å². The lowest BCUT2D eigenvalue weighted by Crippen LogP contribution is -2.14. The van der Waals surface area contributed by atoms with E-state index >= 15 is 0 Å². The summed E-state index contributed by atoms with van der Waals surface area (Å²) in [4.78, 5) is 15.4. The highest BCUT2D eigenvalue weighted by atomic mass is 32.2. The van der Waals surface area contributed by atoms with Crippen molar-refractivity contribution in [3.8, 4) is 11.4 Å². The Hall–Kier alpha value is -3.83. The molecule has 0 unspecified atom stereocenters. The molecule has 0 fully saturated rings. The van der Waals surface area contributed by atoms with Crippen molar-refractivity contribution in [2.75, 3.05) is 17.2 Å². The number of sulfonamides is 1. The van der Waals surface area contributed by atoms with Gasteiger partial charge < -0.3 is 15.6 Å². The van der Waals surface area contributed by atoms with Crippen LogP contribution < -0.4 is 15.8 Å². The quantitative estimate of drug-likeness (QED) is 0.312. The Morgan fingerprint density at radius 1 is 1.12 bits per heavy atom. The maximum absolute atomic E-state index is 14.2. The third kappa shape index (κ3) is 5.51. The highest BCUT2D eigenvalue weighted by Crippen LogP contribution is 2.22. The number of aromatic amines is 1. The number of nitrogens with zero attached hydrogens (tertiary/aromatic N) is 3. The van der Waals surface area contributed by atoms with Crippen molar-refractivity contribution in [1.82, 2.24) is 19.9 Å². The lowest BCUT2D eigenvalue weighted by atomic mass is 10.1. The van der Waals surface area contributed by atoms with Crippen molar-refractivity contribution in [3.63, 3.8) is 0 Å². The van der Waals surface area contributed by atoms with Crippen molar-refractivity contribution in [2.45, 2.75) is 18.2 Å². The number of primary sulfonamides is 1. The predicted octanol–water partition coefficient (Wildman–Crippen LogP) is 3.36. The van der Waals surface area contributed by atoms with Crippen LogP contribution in [0.25, 0.3) is 11.4 Å². The third-order valence-electron chi connectivity index (χ3n) is 4.93. The first kappa shape index (κ1) is 22.4. The molecule has 170 valence electrons. The van der Waals surface area contributed by atoms with E-state index in [0.717, 1.165) is 23.1 Å². The van der Waals surface area contributed by atoms with Crippen LogP contribution in [0.1, 0.15) is 11.1 Å². The van der Waals surface area contributed by atoms with E-state index in [1.165, 1.54) is 6.07 Å². The van der Waals surface area contributed by atoms with E-state index < -0.39 is 15.8 Å². The predicted molar refractivity (Wildman–Crippen MR) is 124 cm³/mol. The molecule has 2 aromatic carbocycles. The molecule has 4 rings (SSSR count). The molecule has 33 heavy (non-hydrogen) atoms. The number of nitrogens with two attached hydrogens (primary N) is 1. The fourth-order valence-corrected chi connectivity index (χ4v) is 4.05. The largest absolute Gasteiger partial charge is 0.367 e. The molecule has 0 saturated carbocycles. The second-order valence-electron chi connectivity index (χ2n) is 7.35. The lowest BCUT2D eigenvalue weighted by Gasteiger charge is -2.11. The normalized spacial score (nSPS) is 11.4. The molecule has 0 spiro atoms. The van der Waals surface area contributed by atoms with Gasteiger partial charge in [-0.05, 0) is 36.6 Å². The maximum atomic E-state index is 14.2. The lowest BCUT2D eigenvalue weighted by molar-refractivity contribution is 0.597. The van der Waals surface area contributed by atoms with Crippen LogP contribution in [-0.2, 0) is 16.4 Å². The van der Waals surface area contributed by atoms with Crippen LogP contribution in [-0.4, -0.2) is 34.9 Å². The zero-order chi connectivity index (χ0) is 23.4. The topological polar surface area (TPSA) is 139 Å². The van der Waals surface area contributed by atoms with E-state index in [0.29, 0.717) is 24.2 Å². The molecule has 2 aromatic heterocycles. The molecule has 0 aliphatic carbocycles. The molecule has 4 aromatic rings. The highest BCUT2D eigenvalue weighted by Gasteiger charge is 2.13. The monoisotopic (exact) mass is 467 g/mol. The van der Waals surface area contributed by atoms with Gasteiger partial charge in [0.15, 0.2) is 11.6 Å². The van der Waals surface area contributed by atoms with E-state index in [2.05, 4.69) is 30.6 Å². The van der Waals surface area contributed by atoms with Crippen molar-refractivity contribution in [3.05, 3.63) is 78.0 Å². The van der Waals surface area contributed by atoms with Gasteiger partial charge in [0.25, 0.3) is 0 Å². The summed E-state index contributed by atoms with van der Waals surface area (Å²) in [5.41, 5.74) is 2.98. The van der Waals surface area contributed by atoms with E-state index in [1.54, 1.807) is 31.5 Å². The molecule has 0 aliphatic heterocycles. The summed E-state index contributed by atoms with van der Waals surface area (Å²) >= 11 is 0. The Labute approximate surface area is 190 Å². The maximum Gasteiger partial charge on any atom is 0.238 e. The molecule has 11 heteroatoms. The molecular weight excluding hydrogens is 445 g/mol. The number of hydrogen-bond acceptors (Lipinski definition) is 7. The molecule has 0 atom stereocenters. The smallest absolute Gasteiger partial charge is 0.238 e. The van der Waals surface area contributed by atoms with E-state index in [4.69, 9.17) is 5.14 Å². The Bertz CT molecular complexity index is 1360. The molecule has 9 nitrogen and oxygen atoms in total. The number of halogens is 1. The van der Waals surface area contributed by atoms with Gasteiger partial charge in [0, 0.05) is 30.2 Å². The number of aryl methyl sites for hydroxylation is 1. The van der Waals surface area contributed by atoms with Crippen LogP contribution in [0.5, 0.6) is 0 Å². The van der Waals surface area contributed by atoms with Gasteiger partial charge >= 0.3 is 0 Å². The number of benzene rings is 2. The summed E-state index contributed by atoms with van der Waals surface area (Å²) in [5.74, 6) is 0.361. The summed E-state index contributed by atoms with van der Waals surface area (Å²) in [6.07, 6.45) is 5.17. The van der Waals surface area contributed by atoms with E-state index in [9.17, 15) is 12.8 Å². The zero-order valence-corrected chi connectivity index (χ0v) is 18.5. The highest BCUT2D eigenvalue weighted by molar-refractivity contribution is 7.89. The first-order valence-corrected chi connectivity index (χ1v) is 11.6. The SMILES string of the molecule is Cc1ccc(Nc2ncc(F)c(NCCc3ccc(-c4ncc[nH]4)cc3)n2)cc1S(N)(=O)=O. The standard InChI is InChI=1S/C22H22FN7O2S/c1-14-2-7-17(12-19(14)33(24,31)32)29-22-28-13-18(23)21(30-22)25-9-8-15-3-5-16(6-4-15)20-26-10-11-27-20/h2-7,10-13H,8-9H2,1H3,(H,26,27)(H2,24,31,32)(H2,25,28,29,30). The number of aromatic nitrogens is 4. The molecule has 0 aliphatic rings. The minimum Gasteiger partial charge on any atom is -0.367 e. The fraction of sp³-hybridized carbons (Fsp3) is 0.136. The van der Waals surface area contributed by atoms with Crippen LogP contribution in [0.2, 0.25) is 0 Å². The Balaban J connectivity index is 1.41. The number of nitrogens with one attached hydrogen (secondary N) is 3. The second kappa shape index (κ2) is 9.35. The van der Waals surface area contributed by atoms with E-state index in [-0.39, 0.29) is 16.7 Å². The molecular formula is C22H22FN7O2S. The van der Waals surface area contributed by atoms with Gasteiger partial charge in [0.2, 0.25) is 16.0 Å². The summed E-state index contributed by atoms with van der Waals surface area (Å²) in [6, 6.07) is 12.6. The molecule has 5 N–H and O–H groups in total. The number of H-pyrrole nitrogens is 1. The van der Waals surface area contributed by atoms with Gasteiger partial charge in [0.1, 0.15) is 5.82 Å². The minimum absolute atomic E-state index is 0.00831. The van der Waals surface area contributed by atoms with Crippen molar-refractivity contribution < 1.29 is 12.8 Å². The second-order valence-corrected chi connectivity index (χ2v) is 8.88. The van der Waals surface area contributed by atoms with Gasteiger partial charge in [-0.3, -0.25) is 0 Å². The van der Waals surface area contributed by atoms with Crippen molar-refractivity contribution >= 4 is 27.5 Å². The summed E-state index contributed by atoms with van der Waals surface area (Å²) in [6.45, 7) is 2.10. The summed E-state index contributed by atoms with van der Waals surface area (Å²) in [5, 5.41) is 11.1. The van der Waals surface area contributed by atoms with Crippen LogP contribution in [0.4, 0.5) is 21.8 Å². The fourth-order valence-electron chi connectivity index (χ4n) is 3.24. The summed E-state index contributed by atoms with van der Waals surface area (Å²) < 4.78 is 37.6. The number of anilines is 3. The van der Waals surface area contributed by atoms with Crippen LogP contribution >= 0.6 is 0 Å². The van der Waals surface area contributed by atoms with Gasteiger partial charge in [-0.1, -0.05) is 30.3 Å². The molecule has 0 amide bonds. The van der Waals surface area contributed by atoms with Crippen molar-refractivity contribution in [2.24, 2.45) is 5.14 Å². The van der Waals surface area contributed by atoms with Crippen LogP contribution in [0.15, 0.2) is 66.0 Å². The Morgan fingerprint density at radius 3 is 2.61 bits per heavy atom. The molecule has 0 radical (unpaired) electrons. The number of hydrogen-bond donors (Lipinski definition) is 4. The number of rotatable bonds is 8. The Kier molecular flexibility index (Phi) is 6.33. The average molecular weight is 468 g/mol. The zero-order valence-electron chi connectivity index (χ0n) is 17.7. The first-order chi connectivity index (χ1) is 15.8. The first-order valence-electron chi connectivity index (χ1n) is 10.1. The van der Waals surface area contributed by atoms with Gasteiger partial charge in [0.05, 0.1) is 11.1 Å². The third-order valence-corrected chi connectivity index (χ3v) is 5.98. The van der Waals surface area contributed by atoms with Gasteiger partial charge in [-0.2, -0.15) is 4.98 Å². The van der Waals surface area contributed by atoms with Crippen molar-refractivity contribution in [1.29, 1.82) is 0 Å². The minimum atomic E-state index is -3.88. The molecule has 0 saturated heterocycles. The molecule has 0 bridgehead atoms. The van der Waals surface area contributed by atoms with E-state index in [1.807, 2.05) is 24.3 Å². The Morgan fingerprint density at radius 2 is 1.91 bits per heavy atom. The number of imidazole rings is 1. The summed E-state index contributed by atoms with van der Waals surface area (Å²) in [7, 11) is -3.88. The van der Waals surface area contributed by atoms with Gasteiger partial charge in [-0.15, -0.1) is 0 Å². The van der Waals surface area contributed by atoms with Gasteiger partial charge in [-0.25, -0.2) is 27.9 Å². The van der Waals surface area contributed by atoms with Crippen LogP contribution in [0, 0.1) is 12.7 Å². The molecule has 2 heterocycles.